The highest BCUT2D eigenvalue weighted by Crippen LogP contribution is 2.31. The average molecular weight is 574 g/mol. The van der Waals surface area contributed by atoms with Gasteiger partial charge in [-0.2, -0.15) is 0 Å². The Morgan fingerprint density at radius 3 is 2.41 bits per heavy atom. The molecule has 2 aromatic heterocycles. The van der Waals surface area contributed by atoms with E-state index >= 15 is 0 Å². The van der Waals surface area contributed by atoms with Gasteiger partial charge >= 0.3 is 5.97 Å². The lowest BCUT2D eigenvalue weighted by molar-refractivity contribution is 0.0602. The number of sulfonamides is 1. The van der Waals surface area contributed by atoms with Crippen LogP contribution in [0.4, 0.5) is 16.5 Å². The van der Waals surface area contributed by atoms with Gasteiger partial charge in [0.25, 0.3) is 10.0 Å². The van der Waals surface area contributed by atoms with Crippen molar-refractivity contribution in [3.05, 3.63) is 94.0 Å². The second kappa shape index (κ2) is 11.6. The number of nitrogens with zero attached hydrogens (tertiary/aromatic N) is 2. The van der Waals surface area contributed by atoms with Crippen LogP contribution in [0.25, 0.3) is 0 Å². The van der Waals surface area contributed by atoms with E-state index in [9.17, 15) is 13.2 Å². The van der Waals surface area contributed by atoms with Crippen LogP contribution < -0.4 is 15.4 Å². The second-order valence-electron chi connectivity index (χ2n) is 7.56. The van der Waals surface area contributed by atoms with Gasteiger partial charge in [-0.25, -0.2) is 13.2 Å². The fourth-order valence-corrected chi connectivity index (χ4v) is 5.70. The van der Waals surface area contributed by atoms with Gasteiger partial charge in [0.2, 0.25) is 0 Å². The number of methoxy groups -OCH3 is 1. The summed E-state index contributed by atoms with van der Waals surface area (Å²) in [5.74, 6) is -0.436. The van der Waals surface area contributed by atoms with Crippen molar-refractivity contribution >= 4 is 72.8 Å². The molecule has 0 saturated carbocycles. The number of ether oxygens (including phenoxy) is 1. The zero-order chi connectivity index (χ0) is 26.4. The van der Waals surface area contributed by atoms with Gasteiger partial charge in [0.15, 0.2) is 16.1 Å². The first kappa shape index (κ1) is 26.5. The van der Waals surface area contributed by atoms with Crippen LogP contribution >= 0.6 is 35.2 Å². The molecular weight excluding hydrogens is 554 g/mol. The Kier molecular flexibility index (Phi) is 8.34. The lowest BCUT2D eigenvalue weighted by Gasteiger charge is -2.11. The Morgan fingerprint density at radius 1 is 1.03 bits per heavy atom. The molecule has 4 aromatic rings. The SMILES string of the molecule is COC(=O)c1cc(Cc2ccccc2)sc1NC(=S)Nc1ccc(S(=O)(=O)Nc2ccc(Cl)nn2)cc1. The summed E-state index contributed by atoms with van der Waals surface area (Å²) in [5, 5.41) is 14.3. The number of rotatable bonds is 8. The molecule has 0 fully saturated rings. The monoisotopic (exact) mass is 573 g/mol. The number of thiocarbonyl (C=S) groups is 1. The second-order valence-corrected chi connectivity index (χ2v) is 11.2. The van der Waals surface area contributed by atoms with Crippen molar-refractivity contribution in [3.63, 3.8) is 0 Å². The van der Waals surface area contributed by atoms with E-state index in [1.54, 1.807) is 18.2 Å². The molecule has 0 spiro atoms. The van der Waals surface area contributed by atoms with E-state index in [0.717, 1.165) is 10.4 Å². The third-order valence-corrected chi connectivity index (χ3v) is 7.76. The van der Waals surface area contributed by atoms with Crippen LogP contribution in [-0.2, 0) is 21.2 Å². The van der Waals surface area contributed by atoms with E-state index in [1.807, 2.05) is 30.3 Å². The number of nitrogens with one attached hydrogen (secondary N) is 3. The molecule has 0 amide bonds. The Bertz CT molecular complexity index is 1510. The quantitative estimate of drug-likeness (QED) is 0.193. The smallest absolute Gasteiger partial charge is 0.340 e. The first-order chi connectivity index (χ1) is 17.7. The molecule has 0 aliphatic heterocycles. The Labute approximate surface area is 227 Å². The standard InChI is InChI=1S/C24H20ClN5O4S3/c1-34-23(31)19-14-17(13-15-5-3-2-4-6-15)36-22(19)27-24(35)26-16-7-9-18(10-8-16)37(32,33)30-21-12-11-20(25)28-29-21/h2-12,14H,13H2,1H3,(H,29,30)(H2,26,27,35). The molecule has 0 saturated heterocycles. The number of carbonyl (C=O) groups is 1. The van der Waals surface area contributed by atoms with Crippen LogP contribution in [0.5, 0.6) is 0 Å². The number of hydrogen-bond donors (Lipinski definition) is 3. The van der Waals surface area contributed by atoms with Crippen molar-refractivity contribution in [3.8, 4) is 0 Å². The van der Waals surface area contributed by atoms with Gasteiger partial charge in [0.1, 0.15) is 5.00 Å². The molecule has 4 rings (SSSR count). The summed E-state index contributed by atoms with van der Waals surface area (Å²) in [5.41, 5.74) is 2.03. The number of anilines is 3. The summed E-state index contributed by atoms with van der Waals surface area (Å²) in [7, 11) is -2.56. The maximum absolute atomic E-state index is 12.6. The van der Waals surface area contributed by atoms with E-state index in [1.165, 1.54) is 42.7 Å². The maximum Gasteiger partial charge on any atom is 0.340 e. The molecule has 0 unspecified atom stereocenters. The van der Waals surface area contributed by atoms with Gasteiger partial charge in [-0.3, -0.25) is 4.72 Å². The first-order valence-electron chi connectivity index (χ1n) is 10.7. The molecule has 0 aliphatic carbocycles. The number of carbonyl (C=O) groups excluding carboxylic acids is 1. The molecule has 37 heavy (non-hydrogen) atoms. The molecule has 2 heterocycles. The van der Waals surface area contributed by atoms with Crippen molar-refractivity contribution in [2.75, 3.05) is 22.5 Å². The van der Waals surface area contributed by atoms with Crippen LogP contribution in [0, 0.1) is 0 Å². The molecule has 0 aliphatic rings. The molecule has 3 N–H and O–H groups in total. The van der Waals surface area contributed by atoms with E-state index in [0.29, 0.717) is 22.7 Å². The van der Waals surface area contributed by atoms with Crippen LogP contribution in [-0.4, -0.2) is 36.8 Å². The van der Waals surface area contributed by atoms with Gasteiger partial charge in [-0.1, -0.05) is 41.9 Å². The zero-order valence-corrected chi connectivity index (χ0v) is 22.5. The first-order valence-corrected chi connectivity index (χ1v) is 13.8. The Hall–Kier alpha value is -3.58. The van der Waals surface area contributed by atoms with Crippen molar-refractivity contribution in [2.45, 2.75) is 11.3 Å². The molecular formula is C24H20ClN5O4S3. The van der Waals surface area contributed by atoms with E-state index in [-0.39, 0.29) is 21.0 Å². The lowest BCUT2D eigenvalue weighted by Crippen LogP contribution is -2.20. The van der Waals surface area contributed by atoms with Gasteiger partial charge in [-0.15, -0.1) is 21.5 Å². The zero-order valence-electron chi connectivity index (χ0n) is 19.3. The Balaban J connectivity index is 1.43. The minimum Gasteiger partial charge on any atom is -0.465 e. The van der Waals surface area contributed by atoms with E-state index in [2.05, 4.69) is 25.6 Å². The summed E-state index contributed by atoms with van der Waals surface area (Å²) in [4.78, 5) is 13.3. The predicted octanol–water partition coefficient (Wildman–Crippen LogP) is 5.18. The van der Waals surface area contributed by atoms with E-state index in [4.69, 9.17) is 28.6 Å². The molecule has 190 valence electrons. The molecule has 0 bridgehead atoms. The highest BCUT2D eigenvalue weighted by molar-refractivity contribution is 7.92. The minimum atomic E-state index is -3.88. The largest absolute Gasteiger partial charge is 0.465 e. The summed E-state index contributed by atoms with van der Waals surface area (Å²) in [6.07, 6.45) is 0.656. The van der Waals surface area contributed by atoms with Gasteiger partial charge in [0.05, 0.1) is 17.6 Å². The number of thiophene rings is 1. The summed E-state index contributed by atoms with van der Waals surface area (Å²) >= 11 is 12.5. The fourth-order valence-electron chi connectivity index (χ4n) is 3.23. The lowest BCUT2D eigenvalue weighted by atomic mass is 10.1. The maximum atomic E-state index is 12.6. The highest BCUT2D eigenvalue weighted by Gasteiger charge is 2.19. The third-order valence-electron chi connectivity index (χ3n) is 4.93. The van der Waals surface area contributed by atoms with Crippen molar-refractivity contribution in [1.82, 2.24) is 10.2 Å². The van der Waals surface area contributed by atoms with Crippen LogP contribution in [0.15, 0.2) is 77.7 Å². The van der Waals surface area contributed by atoms with Crippen LogP contribution in [0.3, 0.4) is 0 Å². The highest BCUT2D eigenvalue weighted by atomic mass is 35.5. The summed E-state index contributed by atoms with van der Waals surface area (Å²) in [6.45, 7) is 0. The topological polar surface area (TPSA) is 122 Å². The van der Waals surface area contributed by atoms with Crippen molar-refractivity contribution in [1.29, 1.82) is 0 Å². The fraction of sp³-hybridized carbons (Fsp3) is 0.0833. The normalized spacial score (nSPS) is 11.0. The number of hydrogen-bond acceptors (Lipinski definition) is 8. The van der Waals surface area contributed by atoms with E-state index < -0.39 is 16.0 Å². The predicted molar refractivity (Wildman–Crippen MR) is 149 cm³/mol. The minimum absolute atomic E-state index is 0.0189. The number of aromatic nitrogens is 2. The molecule has 0 atom stereocenters. The van der Waals surface area contributed by atoms with Gasteiger partial charge in [-0.05, 0) is 60.2 Å². The summed E-state index contributed by atoms with van der Waals surface area (Å²) < 4.78 is 32.5. The molecule has 13 heteroatoms. The summed E-state index contributed by atoms with van der Waals surface area (Å²) in [6, 6.07) is 20.5. The Morgan fingerprint density at radius 2 is 1.76 bits per heavy atom. The number of esters is 1. The number of halogens is 1. The molecule has 9 nitrogen and oxygen atoms in total. The van der Waals surface area contributed by atoms with Crippen LogP contribution in [0.2, 0.25) is 5.15 Å². The van der Waals surface area contributed by atoms with Crippen LogP contribution in [0.1, 0.15) is 20.8 Å². The molecule has 0 radical (unpaired) electrons. The average Bonchev–Trinajstić information content (AvgIpc) is 3.27. The number of benzene rings is 2. The van der Waals surface area contributed by atoms with Crippen molar-refractivity contribution < 1.29 is 17.9 Å². The molecule has 2 aromatic carbocycles. The van der Waals surface area contributed by atoms with Gasteiger partial charge < -0.3 is 15.4 Å². The van der Waals surface area contributed by atoms with Gasteiger partial charge in [0, 0.05) is 17.0 Å². The van der Waals surface area contributed by atoms with Crippen molar-refractivity contribution in [2.24, 2.45) is 0 Å². The third kappa shape index (κ3) is 7.01.